The number of nitrogens with one attached hydrogen (secondary N) is 1. The van der Waals surface area contributed by atoms with Gasteiger partial charge in [-0.25, -0.2) is 15.0 Å². The maximum Gasteiger partial charge on any atom is 0.283 e. The number of rotatable bonds is 2. The van der Waals surface area contributed by atoms with Gasteiger partial charge in [0.25, 0.3) is 5.91 Å². The van der Waals surface area contributed by atoms with Gasteiger partial charge in [0.15, 0.2) is 5.01 Å². The third-order valence-electron chi connectivity index (χ3n) is 4.53. The van der Waals surface area contributed by atoms with E-state index in [1.807, 2.05) is 30.0 Å². The molecule has 5 rings (SSSR count). The number of hydrogen-bond acceptors (Lipinski definition) is 6. The van der Waals surface area contributed by atoms with Crippen molar-refractivity contribution < 1.29 is 4.79 Å². The van der Waals surface area contributed by atoms with Crippen LogP contribution in [0.25, 0.3) is 10.2 Å². The largest absolute Gasteiger partial charge is 0.348 e. The van der Waals surface area contributed by atoms with Gasteiger partial charge in [0.05, 0.1) is 22.2 Å². The molecule has 8 heteroatoms. The second-order valence-electron chi connectivity index (χ2n) is 6.21. The van der Waals surface area contributed by atoms with Crippen LogP contribution in [0.2, 0.25) is 0 Å². The number of carbonyl (C=O) groups is 1. The van der Waals surface area contributed by atoms with Gasteiger partial charge in [-0.1, -0.05) is 12.1 Å². The highest BCUT2D eigenvalue weighted by Crippen LogP contribution is 2.38. The number of imidazole rings is 1. The standard InChI is InChI=1S/C18H15N5OS2/c1-10-8-19-17(25-10)18(24)23-7-6-12-14(21-9-20-12)15(23)16-22-11-4-2-3-5-13(11)26-16/h2-5,8-9,15H,6-7H2,1H3,(H,20,21)/t15-/m0/s1. The van der Waals surface area contributed by atoms with Gasteiger partial charge in [-0.3, -0.25) is 4.79 Å². The van der Waals surface area contributed by atoms with Crippen molar-refractivity contribution in [2.24, 2.45) is 0 Å². The number of para-hydroxylation sites is 1. The normalized spacial score (nSPS) is 16.8. The lowest BCUT2D eigenvalue weighted by Gasteiger charge is -2.33. The summed E-state index contributed by atoms with van der Waals surface area (Å²) in [6, 6.07) is 7.76. The summed E-state index contributed by atoms with van der Waals surface area (Å²) in [7, 11) is 0. The molecule has 6 nitrogen and oxygen atoms in total. The van der Waals surface area contributed by atoms with Crippen LogP contribution in [0.5, 0.6) is 0 Å². The first-order chi connectivity index (χ1) is 12.7. The van der Waals surface area contributed by atoms with Crippen LogP contribution in [0.1, 0.15) is 37.1 Å². The van der Waals surface area contributed by atoms with Crippen LogP contribution in [0.4, 0.5) is 0 Å². The molecule has 0 saturated heterocycles. The average molecular weight is 381 g/mol. The van der Waals surface area contributed by atoms with Crippen molar-refractivity contribution in [3.05, 3.63) is 63.1 Å². The number of aromatic nitrogens is 4. The van der Waals surface area contributed by atoms with E-state index in [0.717, 1.165) is 37.9 Å². The second kappa shape index (κ2) is 6.00. The molecule has 4 heterocycles. The molecule has 0 aliphatic carbocycles. The Hall–Kier alpha value is -2.58. The Kier molecular flexibility index (Phi) is 3.61. The third-order valence-corrected chi connectivity index (χ3v) is 6.52. The van der Waals surface area contributed by atoms with E-state index < -0.39 is 0 Å². The minimum Gasteiger partial charge on any atom is -0.348 e. The molecule has 1 aliphatic heterocycles. The number of thiazole rings is 2. The average Bonchev–Trinajstić information content (AvgIpc) is 3.38. The monoisotopic (exact) mass is 381 g/mol. The Morgan fingerprint density at radius 3 is 2.96 bits per heavy atom. The van der Waals surface area contributed by atoms with E-state index in [4.69, 9.17) is 4.98 Å². The minimum absolute atomic E-state index is 0.0546. The van der Waals surface area contributed by atoms with Crippen molar-refractivity contribution in [1.82, 2.24) is 24.8 Å². The van der Waals surface area contributed by atoms with Crippen LogP contribution in [-0.4, -0.2) is 37.3 Å². The maximum absolute atomic E-state index is 13.2. The van der Waals surface area contributed by atoms with Crippen molar-refractivity contribution in [2.45, 2.75) is 19.4 Å². The molecule has 26 heavy (non-hydrogen) atoms. The van der Waals surface area contributed by atoms with Crippen LogP contribution >= 0.6 is 22.7 Å². The lowest BCUT2D eigenvalue weighted by atomic mass is 10.0. The summed E-state index contributed by atoms with van der Waals surface area (Å²) < 4.78 is 1.11. The Balaban J connectivity index is 1.63. The zero-order chi connectivity index (χ0) is 17.7. The van der Waals surface area contributed by atoms with Crippen molar-refractivity contribution in [3.63, 3.8) is 0 Å². The molecule has 0 radical (unpaired) electrons. The molecule has 0 spiro atoms. The number of hydrogen-bond donors (Lipinski definition) is 1. The molecule has 3 aromatic heterocycles. The first kappa shape index (κ1) is 15.7. The molecule has 1 N–H and O–H groups in total. The van der Waals surface area contributed by atoms with E-state index in [2.05, 4.69) is 21.0 Å². The van der Waals surface area contributed by atoms with Gasteiger partial charge in [0.1, 0.15) is 11.0 Å². The van der Waals surface area contributed by atoms with Crippen LogP contribution < -0.4 is 0 Å². The van der Waals surface area contributed by atoms with Crippen LogP contribution in [0.3, 0.4) is 0 Å². The molecule has 4 aromatic rings. The second-order valence-corrected chi connectivity index (χ2v) is 8.51. The molecular weight excluding hydrogens is 366 g/mol. The number of H-pyrrole nitrogens is 1. The number of fused-ring (bicyclic) bond motifs is 2. The fourth-order valence-electron chi connectivity index (χ4n) is 3.33. The number of nitrogens with zero attached hydrogens (tertiary/aromatic N) is 4. The number of carbonyl (C=O) groups excluding carboxylic acids is 1. The predicted molar refractivity (Wildman–Crippen MR) is 102 cm³/mol. The summed E-state index contributed by atoms with van der Waals surface area (Å²) in [6.07, 6.45) is 4.20. The zero-order valence-electron chi connectivity index (χ0n) is 14.0. The third kappa shape index (κ3) is 2.45. The lowest BCUT2D eigenvalue weighted by molar-refractivity contribution is 0.0690. The van der Waals surface area contributed by atoms with Crippen LogP contribution in [0, 0.1) is 6.92 Å². The fraction of sp³-hybridized carbons (Fsp3) is 0.222. The van der Waals surface area contributed by atoms with E-state index in [9.17, 15) is 4.79 Å². The minimum atomic E-state index is -0.279. The van der Waals surface area contributed by atoms with E-state index in [1.54, 1.807) is 23.9 Å². The van der Waals surface area contributed by atoms with Gasteiger partial charge >= 0.3 is 0 Å². The van der Waals surface area contributed by atoms with Crippen LogP contribution in [-0.2, 0) is 6.42 Å². The summed E-state index contributed by atoms with van der Waals surface area (Å²) in [5.41, 5.74) is 2.92. The molecule has 1 aromatic carbocycles. The zero-order valence-corrected chi connectivity index (χ0v) is 15.6. The van der Waals surface area contributed by atoms with Crippen molar-refractivity contribution in [3.8, 4) is 0 Å². The summed E-state index contributed by atoms with van der Waals surface area (Å²) in [5, 5.41) is 1.41. The quantitative estimate of drug-likeness (QED) is 0.576. The summed E-state index contributed by atoms with van der Waals surface area (Å²) in [6.45, 7) is 2.58. The predicted octanol–water partition coefficient (Wildman–Crippen LogP) is 3.57. The van der Waals surface area contributed by atoms with Crippen LogP contribution in [0.15, 0.2) is 36.8 Å². The Bertz CT molecular complexity index is 1080. The molecule has 0 unspecified atom stereocenters. The van der Waals surface area contributed by atoms with E-state index >= 15 is 0 Å². The highest BCUT2D eigenvalue weighted by atomic mass is 32.1. The fourth-order valence-corrected chi connectivity index (χ4v) is 5.13. The Morgan fingerprint density at radius 2 is 2.15 bits per heavy atom. The molecule has 1 aliphatic rings. The maximum atomic E-state index is 13.2. The topological polar surface area (TPSA) is 74.8 Å². The Morgan fingerprint density at radius 1 is 1.27 bits per heavy atom. The van der Waals surface area contributed by atoms with Crippen molar-refractivity contribution in [1.29, 1.82) is 0 Å². The van der Waals surface area contributed by atoms with Gasteiger partial charge in [-0.15, -0.1) is 22.7 Å². The molecule has 0 bridgehead atoms. The van der Waals surface area contributed by atoms with Gasteiger partial charge in [0, 0.05) is 29.7 Å². The van der Waals surface area contributed by atoms with Crippen molar-refractivity contribution >= 4 is 38.8 Å². The van der Waals surface area contributed by atoms with E-state index in [0.29, 0.717) is 11.6 Å². The number of aromatic amines is 1. The van der Waals surface area contributed by atoms with E-state index in [-0.39, 0.29) is 11.9 Å². The van der Waals surface area contributed by atoms with Gasteiger partial charge < -0.3 is 9.88 Å². The summed E-state index contributed by atoms with van der Waals surface area (Å²) in [4.78, 5) is 32.9. The molecule has 1 amide bonds. The summed E-state index contributed by atoms with van der Waals surface area (Å²) >= 11 is 3.04. The first-order valence-corrected chi connectivity index (χ1v) is 9.95. The molecule has 0 saturated carbocycles. The first-order valence-electron chi connectivity index (χ1n) is 8.32. The lowest BCUT2D eigenvalue weighted by Crippen LogP contribution is -2.40. The van der Waals surface area contributed by atoms with E-state index in [1.165, 1.54) is 11.3 Å². The number of aryl methyl sites for hydroxylation is 1. The smallest absolute Gasteiger partial charge is 0.283 e. The SMILES string of the molecule is Cc1cnc(C(=O)N2CCc3[nH]cnc3[C@H]2c2nc3ccccc3s2)s1. The molecule has 0 fully saturated rings. The molecular formula is C18H15N5OS2. The number of benzene rings is 1. The highest BCUT2D eigenvalue weighted by Gasteiger charge is 2.37. The van der Waals surface area contributed by atoms with Gasteiger partial charge in [-0.2, -0.15) is 0 Å². The van der Waals surface area contributed by atoms with Gasteiger partial charge in [0.2, 0.25) is 0 Å². The van der Waals surface area contributed by atoms with Gasteiger partial charge in [-0.05, 0) is 19.1 Å². The van der Waals surface area contributed by atoms with Crippen molar-refractivity contribution in [2.75, 3.05) is 6.54 Å². The highest BCUT2D eigenvalue weighted by molar-refractivity contribution is 7.18. The number of amides is 1. The summed E-state index contributed by atoms with van der Waals surface area (Å²) in [5.74, 6) is -0.0546. The molecule has 1 atom stereocenters. The Labute approximate surface area is 157 Å². The molecule has 130 valence electrons.